The molecular weight excluding hydrogens is 357 g/mol. The largest absolute Gasteiger partial charge is 0.368 e. The standard InChI is InChI=1S/C19H19ClFN3O2/c20-13-6-7-15(16(21)10-13)19(26)23-14-4-1-3-12(9-14)11-24-8-2-5-17(24)18(22)25/h1,3-4,6-7,9-10,17H,2,5,8,11H2,(H2,22,25)(H,23,26)/t17-/m0/s1. The van der Waals surface area contributed by atoms with Crippen molar-refractivity contribution in [2.45, 2.75) is 25.4 Å². The second kappa shape index (κ2) is 7.85. The third-order valence-electron chi connectivity index (χ3n) is 4.44. The van der Waals surface area contributed by atoms with E-state index >= 15 is 0 Å². The lowest BCUT2D eigenvalue weighted by Crippen LogP contribution is -2.39. The van der Waals surface area contributed by atoms with Crippen LogP contribution in [0.2, 0.25) is 5.02 Å². The van der Waals surface area contributed by atoms with Gasteiger partial charge in [-0.15, -0.1) is 0 Å². The molecule has 26 heavy (non-hydrogen) atoms. The van der Waals surface area contributed by atoms with Crippen molar-refractivity contribution in [2.24, 2.45) is 5.73 Å². The van der Waals surface area contributed by atoms with Gasteiger partial charge in [0.1, 0.15) is 5.82 Å². The van der Waals surface area contributed by atoms with Gasteiger partial charge in [-0.2, -0.15) is 0 Å². The molecule has 2 amide bonds. The SMILES string of the molecule is NC(=O)[C@@H]1CCCN1Cc1cccc(NC(=O)c2ccc(Cl)cc2F)c1. The number of nitrogens with one attached hydrogen (secondary N) is 1. The number of hydrogen-bond acceptors (Lipinski definition) is 3. The molecule has 136 valence electrons. The molecule has 1 aliphatic heterocycles. The van der Waals surface area contributed by atoms with E-state index < -0.39 is 11.7 Å². The summed E-state index contributed by atoms with van der Waals surface area (Å²) in [6, 6.07) is 10.9. The van der Waals surface area contributed by atoms with Crippen LogP contribution in [0.1, 0.15) is 28.8 Å². The molecule has 3 rings (SSSR count). The fourth-order valence-corrected chi connectivity index (χ4v) is 3.35. The Kier molecular flexibility index (Phi) is 5.54. The number of nitrogens with zero attached hydrogens (tertiary/aromatic N) is 1. The minimum atomic E-state index is -0.674. The summed E-state index contributed by atoms with van der Waals surface area (Å²) < 4.78 is 13.9. The predicted octanol–water partition coefficient (Wildman–Crippen LogP) is 3.18. The molecule has 1 fully saturated rings. The summed E-state index contributed by atoms with van der Waals surface area (Å²) in [7, 11) is 0. The van der Waals surface area contributed by atoms with Crippen LogP contribution < -0.4 is 11.1 Å². The Labute approximate surface area is 155 Å². The molecule has 0 saturated carbocycles. The quantitative estimate of drug-likeness (QED) is 0.842. The zero-order valence-corrected chi connectivity index (χ0v) is 14.8. The summed E-state index contributed by atoms with van der Waals surface area (Å²) in [4.78, 5) is 25.8. The van der Waals surface area contributed by atoms with E-state index in [2.05, 4.69) is 5.32 Å². The topological polar surface area (TPSA) is 75.4 Å². The average Bonchev–Trinajstić information content (AvgIpc) is 3.03. The third-order valence-corrected chi connectivity index (χ3v) is 4.67. The van der Waals surface area contributed by atoms with E-state index in [1.165, 1.54) is 12.1 Å². The lowest BCUT2D eigenvalue weighted by atomic mass is 10.1. The molecule has 1 saturated heterocycles. The number of halogens is 2. The molecule has 0 spiro atoms. The zero-order chi connectivity index (χ0) is 18.7. The molecule has 1 heterocycles. The summed E-state index contributed by atoms with van der Waals surface area (Å²) >= 11 is 5.71. The highest BCUT2D eigenvalue weighted by Gasteiger charge is 2.28. The number of hydrogen-bond donors (Lipinski definition) is 2. The van der Waals surface area contributed by atoms with Crippen molar-refractivity contribution in [1.29, 1.82) is 0 Å². The smallest absolute Gasteiger partial charge is 0.258 e. The van der Waals surface area contributed by atoms with Crippen molar-refractivity contribution in [3.63, 3.8) is 0 Å². The predicted molar refractivity (Wildman–Crippen MR) is 98.4 cm³/mol. The maximum Gasteiger partial charge on any atom is 0.258 e. The Bertz CT molecular complexity index is 843. The van der Waals surface area contributed by atoms with Gasteiger partial charge in [-0.1, -0.05) is 23.7 Å². The lowest BCUT2D eigenvalue weighted by Gasteiger charge is -2.22. The molecule has 0 bridgehead atoms. The summed E-state index contributed by atoms with van der Waals surface area (Å²) in [5.41, 5.74) is 6.86. The maximum absolute atomic E-state index is 13.9. The van der Waals surface area contributed by atoms with Gasteiger partial charge in [-0.3, -0.25) is 14.5 Å². The van der Waals surface area contributed by atoms with Crippen molar-refractivity contribution < 1.29 is 14.0 Å². The van der Waals surface area contributed by atoms with Gasteiger partial charge in [-0.05, 0) is 55.3 Å². The van der Waals surface area contributed by atoms with Crippen molar-refractivity contribution >= 4 is 29.1 Å². The molecule has 3 N–H and O–H groups in total. The van der Waals surface area contributed by atoms with Crippen molar-refractivity contribution in [2.75, 3.05) is 11.9 Å². The summed E-state index contributed by atoms with van der Waals surface area (Å²) in [6.45, 7) is 1.37. The van der Waals surface area contributed by atoms with E-state index in [1.807, 2.05) is 17.0 Å². The van der Waals surface area contributed by atoms with Gasteiger partial charge < -0.3 is 11.1 Å². The number of carbonyl (C=O) groups is 2. The molecule has 0 unspecified atom stereocenters. The third kappa shape index (κ3) is 4.20. The van der Waals surface area contributed by atoms with Crippen LogP contribution in [0, 0.1) is 5.82 Å². The van der Waals surface area contributed by atoms with E-state index in [-0.39, 0.29) is 22.5 Å². The molecule has 2 aromatic carbocycles. The van der Waals surface area contributed by atoms with E-state index in [0.717, 1.165) is 31.0 Å². The van der Waals surface area contributed by atoms with E-state index in [4.69, 9.17) is 17.3 Å². The monoisotopic (exact) mass is 375 g/mol. The molecule has 0 aliphatic carbocycles. The van der Waals surface area contributed by atoms with Gasteiger partial charge in [0, 0.05) is 17.3 Å². The van der Waals surface area contributed by atoms with Crippen LogP contribution in [0.15, 0.2) is 42.5 Å². The average molecular weight is 376 g/mol. The highest BCUT2D eigenvalue weighted by Crippen LogP contribution is 2.22. The minimum absolute atomic E-state index is 0.0758. The second-order valence-corrected chi connectivity index (χ2v) is 6.75. The van der Waals surface area contributed by atoms with Gasteiger partial charge in [0.05, 0.1) is 11.6 Å². The summed E-state index contributed by atoms with van der Waals surface area (Å²) in [5.74, 6) is -1.54. The second-order valence-electron chi connectivity index (χ2n) is 6.31. The Morgan fingerprint density at radius 1 is 1.27 bits per heavy atom. The molecule has 2 aromatic rings. The lowest BCUT2D eigenvalue weighted by molar-refractivity contribution is -0.122. The highest BCUT2D eigenvalue weighted by atomic mass is 35.5. The van der Waals surface area contributed by atoms with Crippen LogP contribution in [-0.2, 0) is 11.3 Å². The van der Waals surface area contributed by atoms with Crippen LogP contribution in [0.25, 0.3) is 0 Å². The number of likely N-dealkylation sites (tertiary alicyclic amines) is 1. The Morgan fingerprint density at radius 2 is 2.08 bits per heavy atom. The molecule has 5 nitrogen and oxygen atoms in total. The first kappa shape index (κ1) is 18.4. The molecule has 7 heteroatoms. The summed E-state index contributed by atoms with van der Waals surface area (Å²) in [6.07, 6.45) is 1.70. The molecule has 0 aromatic heterocycles. The fourth-order valence-electron chi connectivity index (χ4n) is 3.19. The van der Waals surface area contributed by atoms with Crippen molar-refractivity contribution in [3.05, 3.63) is 64.4 Å². The number of anilines is 1. The van der Waals surface area contributed by atoms with Crippen LogP contribution in [0.3, 0.4) is 0 Å². The van der Waals surface area contributed by atoms with Crippen molar-refractivity contribution in [1.82, 2.24) is 4.90 Å². The van der Waals surface area contributed by atoms with Crippen LogP contribution in [0.4, 0.5) is 10.1 Å². The van der Waals surface area contributed by atoms with E-state index in [1.54, 1.807) is 12.1 Å². The van der Waals surface area contributed by atoms with Gasteiger partial charge in [-0.25, -0.2) is 4.39 Å². The van der Waals surface area contributed by atoms with E-state index in [9.17, 15) is 14.0 Å². The van der Waals surface area contributed by atoms with Crippen molar-refractivity contribution in [3.8, 4) is 0 Å². The Morgan fingerprint density at radius 3 is 2.81 bits per heavy atom. The number of rotatable bonds is 5. The first-order valence-electron chi connectivity index (χ1n) is 8.33. The first-order chi connectivity index (χ1) is 12.4. The van der Waals surface area contributed by atoms with Gasteiger partial charge in [0.15, 0.2) is 0 Å². The Hall–Kier alpha value is -2.44. The van der Waals surface area contributed by atoms with Gasteiger partial charge >= 0.3 is 0 Å². The number of nitrogens with two attached hydrogens (primary N) is 1. The molecule has 0 radical (unpaired) electrons. The van der Waals surface area contributed by atoms with E-state index in [0.29, 0.717) is 12.2 Å². The number of benzene rings is 2. The minimum Gasteiger partial charge on any atom is -0.368 e. The fraction of sp³-hybridized carbons (Fsp3) is 0.263. The zero-order valence-electron chi connectivity index (χ0n) is 14.0. The van der Waals surface area contributed by atoms with Gasteiger partial charge in [0.2, 0.25) is 5.91 Å². The molecule has 1 atom stereocenters. The number of carbonyl (C=O) groups excluding carboxylic acids is 2. The molecule has 1 aliphatic rings. The maximum atomic E-state index is 13.9. The van der Waals surface area contributed by atoms with Gasteiger partial charge in [0.25, 0.3) is 5.91 Å². The molecular formula is C19H19ClFN3O2. The van der Waals surface area contributed by atoms with Crippen LogP contribution >= 0.6 is 11.6 Å². The summed E-state index contributed by atoms with van der Waals surface area (Å²) in [5, 5.41) is 2.92. The highest BCUT2D eigenvalue weighted by molar-refractivity contribution is 6.30. The van der Waals surface area contributed by atoms with Crippen LogP contribution in [0.5, 0.6) is 0 Å². The number of primary amides is 1. The normalized spacial score (nSPS) is 17.2. The first-order valence-corrected chi connectivity index (χ1v) is 8.70. The number of amides is 2. The van der Waals surface area contributed by atoms with Crippen LogP contribution in [-0.4, -0.2) is 29.3 Å². The Balaban J connectivity index is 1.71.